The number of piperidine rings is 1. The first kappa shape index (κ1) is 13.5. The van der Waals surface area contributed by atoms with Crippen LogP contribution < -0.4 is 5.32 Å². The van der Waals surface area contributed by atoms with E-state index in [2.05, 4.69) is 48.2 Å². The molecule has 3 heteroatoms. The van der Waals surface area contributed by atoms with Crippen molar-refractivity contribution in [1.82, 2.24) is 15.2 Å². The number of pyridine rings is 1. The number of rotatable bonds is 4. The van der Waals surface area contributed by atoms with Crippen LogP contribution in [0.3, 0.4) is 0 Å². The van der Waals surface area contributed by atoms with Crippen molar-refractivity contribution in [2.45, 2.75) is 38.8 Å². The van der Waals surface area contributed by atoms with E-state index in [1.165, 1.54) is 24.9 Å². The van der Waals surface area contributed by atoms with Gasteiger partial charge in [-0.2, -0.15) is 0 Å². The summed E-state index contributed by atoms with van der Waals surface area (Å²) in [5, 5.41) is 3.35. The van der Waals surface area contributed by atoms with E-state index in [0.717, 1.165) is 6.54 Å². The summed E-state index contributed by atoms with van der Waals surface area (Å²) in [5.74, 6) is 0.690. The first-order chi connectivity index (χ1) is 8.74. The van der Waals surface area contributed by atoms with Crippen LogP contribution in [0, 0.1) is 5.92 Å². The van der Waals surface area contributed by atoms with Gasteiger partial charge >= 0.3 is 0 Å². The molecular weight excluding hydrogens is 222 g/mol. The van der Waals surface area contributed by atoms with E-state index in [0.29, 0.717) is 18.0 Å². The highest BCUT2D eigenvalue weighted by atomic mass is 15.2. The van der Waals surface area contributed by atoms with E-state index in [4.69, 9.17) is 0 Å². The van der Waals surface area contributed by atoms with E-state index < -0.39 is 0 Å². The van der Waals surface area contributed by atoms with Gasteiger partial charge in [0.2, 0.25) is 0 Å². The van der Waals surface area contributed by atoms with E-state index >= 15 is 0 Å². The molecule has 18 heavy (non-hydrogen) atoms. The van der Waals surface area contributed by atoms with Crippen molar-refractivity contribution in [3.8, 4) is 0 Å². The normalized spacial score (nSPS) is 25.6. The van der Waals surface area contributed by atoms with Gasteiger partial charge in [0, 0.05) is 24.5 Å². The molecule has 1 saturated heterocycles. The molecule has 0 aliphatic carbocycles. The highest BCUT2D eigenvalue weighted by Gasteiger charge is 2.33. The fourth-order valence-electron chi connectivity index (χ4n) is 3.17. The monoisotopic (exact) mass is 247 g/mol. The van der Waals surface area contributed by atoms with Crippen molar-refractivity contribution in [3.63, 3.8) is 0 Å². The minimum atomic E-state index is 0.514. The Bertz CT molecular complexity index is 348. The molecule has 1 aromatic heterocycles. The SMILES string of the molecule is CNCC1CCCN(C(C)C)C1c1cccnc1. The first-order valence-corrected chi connectivity index (χ1v) is 7.04. The van der Waals surface area contributed by atoms with Crippen molar-refractivity contribution >= 4 is 0 Å². The molecule has 0 amide bonds. The van der Waals surface area contributed by atoms with Gasteiger partial charge in [0.1, 0.15) is 0 Å². The number of hydrogen-bond acceptors (Lipinski definition) is 3. The third kappa shape index (κ3) is 2.90. The van der Waals surface area contributed by atoms with Crippen LogP contribution in [-0.4, -0.2) is 36.1 Å². The Kier molecular flexibility index (Phi) is 4.72. The summed E-state index contributed by atoms with van der Waals surface area (Å²) in [6.07, 6.45) is 6.51. The van der Waals surface area contributed by atoms with Crippen molar-refractivity contribution in [3.05, 3.63) is 30.1 Å². The number of nitrogens with zero attached hydrogens (tertiary/aromatic N) is 2. The van der Waals surface area contributed by atoms with Gasteiger partial charge in [-0.05, 0) is 64.4 Å². The Balaban J connectivity index is 2.26. The summed E-state index contributed by atoms with van der Waals surface area (Å²) < 4.78 is 0. The molecule has 100 valence electrons. The molecule has 0 saturated carbocycles. The molecule has 2 rings (SSSR count). The molecule has 1 aliphatic rings. The Morgan fingerprint density at radius 2 is 2.33 bits per heavy atom. The van der Waals surface area contributed by atoms with Gasteiger partial charge in [0.05, 0.1) is 0 Å². The van der Waals surface area contributed by atoms with E-state index in [-0.39, 0.29) is 0 Å². The zero-order valence-corrected chi connectivity index (χ0v) is 11.8. The third-order valence-electron chi connectivity index (χ3n) is 3.95. The van der Waals surface area contributed by atoms with Crippen LogP contribution >= 0.6 is 0 Å². The fraction of sp³-hybridized carbons (Fsp3) is 0.667. The average Bonchev–Trinajstić information content (AvgIpc) is 2.40. The summed E-state index contributed by atoms with van der Waals surface area (Å²) in [7, 11) is 2.05. The van der Waals surface area contributed by atoms with Crippen LogP contribution in [0.15, 0.2) is 24.5 Å². The second-order valence-electron chi connectivity index (χ2n) is 5.52. The van der Waals surface area contributed by atoms with Crippen LogP contribution in [0.1, 0.15) is 38.3 Å². The van der Waals surface area contributed by atoms with Gasteiger partial charge in [-0.3, -0.25) is 9.88 Å². The molecule has 0 radical (unpaired) electrons. The molecule has 2 atom stereocenters. The smallest absolute Gasteiger partial charge is 0.0406 e. The highest BCUT2D eigenvalue weighted by molar-refractivity contribution is 5.16. The lowest BCUT2D eigenvalue weighted by atomic mass is 9.84. The Morgan fingerprint density at radius 3 is 2.94 bits per heavy atom. The van der Waals surface area contributed by atoms with E-state index in [9.17, 15) is 0 Å². The maximum atomic E-state index is 4.30. The molecular formula is C15H25N3. The van der Waals surface area contributed by atoms with Gasteiger partial charge in [0.25, 0.3) is 0 Å². The zero-order valence-electron chi connectivity index (χ0n) is 11.8. The van der Waals surface area contributed by atoms with Gasteiger partial charge in [0.15, 0.2) is 0 Å². The maximum Gasteiger partial charge on any atom is 0.0406 e. The van der Waals surface area contributed by atoms with Crippen molar-refractivity contribution < 1.29 is 0 Å². The Hall–Kier alpha value is -0.930. The van der Waals surface area contributed by atoms with Crippen LogP contribution in [0.5, 0.6) is 0 Å². The molecule has 2 unspecified atom stereocenters. The maximum absolute atomic E-state index is 4.30. The minimum absolute atomic E-state index is 0.514. The Labute approximate surface area is 111 Å². The highest BCUT2D eigenvalue weighted by Crippen LogP contribution is 2.36. The summed E-state index contributed by atoms with van der Waals surface area (Å²) in [5.41, 5.74) is 1.37. The molecule has 0 bridgehead atoms. The van der Waals surface area contributed by atoms with Crippen LogP contribution in [0.4, 0.5) is 0 Å². The average molecular weight is 247 g/mol. The van der Waals surface area contributed by atoms with Gasteiger partial charge in [-0.15, -0.1) is 0 Å². The van der Waals surface area contributed by atoms with Gasteiger partial charge < -0.3 is 5.32 Å². The quantitative estimate of drug-likeness (QED) is 0.886. The number of hydrogen-bond donors (Lipinski definition) is 1. The molecule has 2 heterocycles. The molecule has 1 N–H and O–H groups in total. The lowest BCUT2D eigenvalue weighted by Crippen LogP contribution is -2.45. The second kappa shape index (κ2) is 6.30. The van der Waals surface area contributed by atoms with Crippen molar-refractivity contribution in [2.24, 2.45) is 5.92 Å². The second-order valence-corrected chi connectivity index (χ2v) is 5.52. The van der Waals surface area contributed by atoms with E-state index in [1.807, 2.05) is 12.4 Å². The lowest BCUT2D eigenvalue weighted by Gasteiger charge is -2.44. The number of likely N-dealkylation sites (tertiary alicyclic amines) is 1. The molecule has 1 fully saturated rings. The Morgan fingerprint density at radius 1 is 1.50 bits per heavy atom. The fourth-order valence-corrected chi connectivity index (χ4v) is 3.17. The summed E-state index contributed by atoms with van der Waals surface area (Å²) in [6.45, 7) is 6.89. The first-order valence-electron chi connectivity index (χ1n) is 7.04. The largest absolute Gasteiger partial charge is 0.319 e. The zero-order chi connectivity index (χ0) is 13.0. The molecule has 1 aromatic rings. The standard InChI is InChI=1S/C15H25N3/c1-12(2)18-9-5-7-13(10-16-3)15(18)14-6-4-8-17-11-14/h4,6,8,11-13,15-16H,5,7,9-10H2,1-3H3. The summed E-state index contributed by atoms with van der Waals surface area (Å²) in [6, 6.07) is 5.38. The topological polar surface area (TPSA) is 28.2 Å². The van der Waals surface area contributed by atoms with Gasteiger partial charge in [-0.1, -0.05) is 6.07 Å². The molecule has 0 aromatic carbocycles. The molecule has 0 spiro atoms. The van der Waals surface area contributed by atoms with Crippen molar-refractivity contribution in [1.29, 1.82) is 0 Å². The summed E-state index contributed by atoms with van der Waals surface area (Å²) in [4.78, 5) is 6.93. The molecule has 1 aliphatic heterocycles. The number of aromatic nitrogens is 1. The predicted molar refractivity (Wildman–Crippen MR) is 75.5 cm³/mol. The molecule has 3 nitrogen and oxygen atoms in total. The minimum Gasteiger partial charge on any atom is -0.319 e. The van der Waals surface area contributed by atoms with Gasteiger partial charge in [-0.25, -0.2) is 0 Å². The third-order valence-corrected chi connectivity index (χ3v) is 3.95. The van der Waals surface area contributed by atoms with Crippen LogP contribution in [0.25, 0.3) is 0 Å². The lowest BCUT2D eigenvalue weighted by molar-refractivity contribution is 0.0634. The van der Waals surface area contributed by atoms with Crippen LogP contribution in [0.2, 0.25) is 0 Å². The van der Waals surface area contributed by atoms with Crippen molar-refractivity contribution in [2.75, 3.05) is 20.1 Å². The van der Waals surface area contributed by atoms with E-state index in [1.54, 1.807) is 0 Å². The predicted octanol–water partition coefficient (Wildman–Crippen LogP) is 2.46. The van der Waals surface area contributed by atoms with Crippen LogP contribution in [-0.2, 0) is 0 Å². The number of nitrogens with one attached hydrogen (secondary N) is 1. The summed E-state index contributed by atoms with van der Waals surface area (Å²) >= 11 is 0.